The fraction of sp³-hybridized carbons (Fsp3) is 1.00. The maximum atomic E-state index is 11.0. The molecule has 0 saturated heterocycles. The molecule has 0 aromatic rings. The highest BCUT2D eigenvalue weighted by Crippen LogP contribution is 2.66. The summed E-state index contributed by atoms with van der Waals surface area (Å²) in [6.45, 7) is 4.62. The van der Waals surface area contributed by atoms with Crippen LogP contribution in [0.15, 0.2) is 0 Å². The minimum atomic E-state index is -0.417. The molecule has 4 aliphatic rings. The molecule has 0 aromatic heterocycles. The minimum Gasteiger partial charge on any atom is -0.393 e. The predicted octanol–water partition coefficient (Wildman–Crippen LogP) is 2.35. The molecule has 138 valence electrons. The van der Waals surface area contributed by atoms with Crippen molar-refractivity contribution in [2.24, 2.45) is 34.5 Å². The summed E-state index contributed by atoms with van der Waals surface area (Å²) in [6.07, 6.45) is 5.63. The van der Waals surface area contributed by atoms with Crippen LogP contribution in [0.3, 0.4) is 0 Å². The van der Waals surface area contributed by atoms with Crippen molar-refractivity contribution in [3.05, 3.63) is 0 Å². The lowest BCUT2D eigenvalue weighted by Gasteiger charge is -2.61. The van der Waals surface area contributed by atoms with Gasteiger partial charge in [0.1, 0.15) is 0 Å². The van der Waals surface area contributed by atoms with Crippen molar-refractivity contribution in [3.63, 3.8) is 0 Å². The highest BCUT2D eigenvalue weighted by molar-refractivity contribution is 5.13. The number of fused-ring (bicyclic) bond motifs is 5. The molecule has 0 heterocycles. The molecule has 3 N–H and O–H groups in total. The van der Waals surface area contributed by atoms with Gasteiger partial charge in [-0.25, -0.2) is 0 Å². The molecule has 0 amide bonds. The summed E-state index contributed by atoms with van der Waals surface area (Å²) in [7, 11) is 1.70. The van der Waals surface area contributed by atoms with Crippen molar-refractivity contribution in [2.75, 3.05) is 7.11 Å². The number of aliphatic hydroxyl groups is 3. The first-order valence-electron chi connectivity index (χ1n) is 9.88. The third-order valence-electron chi connectivity index (χ3n) is 8.91. The van der Waals surface area contributed by atoms with Gasteiger partial charge in [-0.1, -0.05) is 13.8 Å². The van der Waals surface area contributed by atoms with E-state index in [9.17, 15) is 15.3 Å². The van der Waals surface area contributed by atoms with Gasteiger partial charge in [0, 0.05) is 7.11 Å². The Morgan fingerprint density at radius 3 is 2.29 bits per heavy atom. The van der Waals surface area contributed by atoms with Gasteiger partial charge in [0.2, 0.25) is 0 Å². The van der Waals surface area contributed by atoms with E-state index in [-0.39, 0.29) is 35.1 Å². The van der Waals surface area contributed by atoms with Crippen molar-refractivity contribution < 1.29 is 20.1 Å². The Kier molecular flexibility index (Phi) is 4.08. The van der Waals surface area contributed by atoms with E-state index < -0.39 is 6.10 Å². The van der Waals surface area contributed by atoms with Crippen LogP contribution in [-0.2, 0) is 4.74 Å². The highest BCUT2D eigenvalue weighted by Gasteiger charge is 2.64. The van der Waals surface area contributed by atoms with Crippen molar-refractivity contribution in [2.45, 2.75) is 83.2 Å². The van der Waals surface area contributed by atoms with E-state index in [1.54, 1.807) is 7.11 Å². The van der Waals surface area contributed by atoms with E-state index in [2.05, 4.69) is 13.8 Å². The number of methoxy groups -OCH3 is 1. The third kappa shape index (κ3) is 2.19. The van der Waals surface area contributed by atoms with Crippen molar-refractivity contribution in [3.8, 4) is 0 Å². The summed E-state index contributed by atoms with van der Waals surface area (Å²) in [4.78, 5) is 0. The molecule has 0 aromatic carbocycles. The summed E-state index contributed by atoms with van der Waals surface area (Å²) in [5, 5.41) is 32.0. The predicted molar refractivity (Wildman–Crippen MR) is 91.3 cm³/mol. The van der Waals surface area contributed by atoms with E-state index in [0.717, 1.165) is 44.9 Å². The van der Waals surface area contributed by atoms with Gasteiger partial charge in [-0.3, -0.25) is 0 Å². The lowest BCUT2D eigenvalue weighted by Crippen LogP contribution is -2.58. The number of hydrogen-bond acceptors (Lipinski definition) is 4. The van der Waals surface area contributed by atoms with E-state index in [1.165, 1.54) is 0 Å². The zero-order chi connectivity index (χ0) is 17.3. The smallest absolute Gasteiger partial charge is 0.0857 e. The van der Waals surface area contributed by atoms with Crippen molar-refractivity contribution >= 4 is 0 Å². The monoisotopic (exact) mass is 338 g/mol. The molecule has 4 rings (SSSR count). The number of ether oxygens (including phenoxy) is 1. The van der Waals surface area contributed by atoms with Crippen LogP contribution in [0.1, 0.15) is 58.8 Å². The van der Waals surface area contributed by atoms with Crippen LogP contribution in [0.25, 0.3) is 0 Å². The number of rotatable bonds is 1. The third-order valence-corrected chi connectivity index (χ3v) is 8.91. The number of hydrogen-bond donors (Lipinski definition) is 3. The lowest BCUT2D eigenvalue weighted by molar-refractivity contribution is -0.177. The molecule has 4 nitrogen and oxygen atoms in total. The van der Waals surface area contributed by atoms with E-state index in [4.69, 9.17) is 4.74 Å². The normalized spacial score (nSPS) is 60.2. The van der Waals surface area contributed by atoms with Gasteiger partial charge in [0.05, 0.1) is 24.4 Å². The standard InChI is InChI=1S/C20H34O4/c1-19-6-4-12(21)8-11(19)9-15(22)17-13(19)5-7-20(2)14(17)10-16(24-3)18(20)23/h11-18,21-23H,4-10H2,1-3H3/t11-,12-,13+,14+,15+,16-,17-,18+,19+,20+/m1/s1. The first-order chi connectivity index (χ1) is 11.3. The summed E-state index contributed by atoms with van der Waals surface area (Å²) in [6, 6.07) is 0. The Hall–Kier alpha value is -0.160. The Balaban J connectivity index is 1.67. The SMILES string of the molecule is CO[C@@H]1C[C@H]2[C@@H]3[C@@H](O)C[C@H]4C[C@H](O)CC[C@]4(C)[C@H]3CC[C@]2(C)[C@H]1O. The largest absolute Gasteiger partial charge is 0.393 e. The summed E-state index contributed by atoms with van der Waals surface area (Å²) in [5.74, 6) is 1.57. The van der Waals surface area contributed by atoms with Crippen LogP contribution in [0.5, 0.6) is 0 Å². The molecular weight excluding hydrogens is 304 g/mol. The molecule has 4 heteroatoms. The lowest BCUT2D eigenvalue weighted by atomic mass is 9.44. The molecular formula is C20H34O4. The van der Waals surface area contributed by atoms with Crippen LogP contribution in [0, 0.1) is 34.5 Å². The van der Waals surface area contributed by atoms with E-state index >= 15 is 0 Å². The molecule has 0 radical (unpaired) electrons. The van der Waals surface area contributed by atoms with Gasteiger partial charge in [-0.15, -0.1) is 0 Å². The van der Waals surface area contributed by atoms with Crippen LogP contribution in [-0.4, -0.2) is 46.8 Å². The van der Waals surface area contributed by atoms with Gasteiger partial charge in [-0.2, -0.15) is 0 Å². The number of aliphatic hydroxyl groups excluding tert-OH is 3. The van der Waals surface area contributed by atoms with Crippen LogP contribution < -0.4 is 0 Å². The fourth-order valence-corrected chi connectivity index (χ4v) is 7.39. The second-order valence-corrected chi connectivity index (χ2v) is 9.72. The molecule has 0 unspecified atom stereocenters. The molecule has 4 aliphatic carbocycles. The van der Waals surface area contributed by atoms with Crippen LogP contribution in [0.2, 0.25) is 0 Å². The highest BCUT2D eigenvalue weighted by atomic mass is 16.5. The van der Waals surface area contributed by atoms with Crippen molar-refractivity contribution in [1.82, 2.24) is 0 Å². The van der Waals surface area contributed by atoms with Crippen molar-refractivity contribution in [1.29, 1.82) is 0 Å². The second-order valence-electron chi connectivity index (χ2n) is 9.72. The molecule has 0 spiro atoms. The maximum absolute atomic E-state index is 11.0. The van der Waals surface area contributed by atoms with Gasteiger partial charge < -0.3 is 20.1 Å². The molecule has 0 bridgehead atoms. The minimum absolute atomic E-state index is 0.0929. The van der Waals surface area contributed by atoms with E-state index in [0.29, 0.717) is 17.8 Å². The van der Waals surface area contributed by atoms with Crippen LogP contribution in [0.4, 0.5) is 0 Å². The molecule has 24 heavy (non-hydrogen) atoms. The first kappa shape index (κ1) is 17.3. The first-order valence-corrected chi connectivity index (χ1v) is 9.88. The maximum Gasteiger partial charge on any atom is 0.0857 e. The summed E-state index contributed by atoms with van der Waals surface area (Å²) < 4.78 is 5.58. The topological polar surface area (TPSA) is 69.9 Å². The Morgan fingerprint density at radius 2 is 1.58 bits per heavy atom. The average Bonchev–Trinajstić information content (AvgIpc) is 2.81. The fourth-order valence-electron chi connectivity index (χ4n) is 7.39. The molecule has 10 atom stereocenters. The quantitative estimate of drug-likeness (QED) is 0.686. The van der Waals surface area contributed by atoms with Gasteiger partial charge >= 0.3 is 0 Å². The van der Waals surface area contributed by atoms with E-state index in [1.807, 2.05) is 0 Å². The zero-order valence-electron chi connectivity index (χ0n) is 15.3. The summed E-state index contributed by atoms with van der Waals surface area (Å²) >= 11 is 0. The molecule has 4 saturated carbocycles. The Labute approximate surface area is 145 Å². The second kappa shape index (κ2) is 5.67. The van der Waals surface area contributed by atoms with Gasteiger partial charge in [0.15, 0.2) is 0 Å². The van der Waals surface area contributed by atoms with Gasteiger partial charge in [0.25, 0.3) is 0 Å². The molecule has 0 aliphatic heterocycles. The Bertz CT molecular complexity index is 496. The molecule has 4 fully saturated rings. The van der Waals surface area contributed by atoms with Gasteiger partial charge in [-0.05, 0) is 79.4 Å². The Morgan fingerprint density at radius 1 is 0.875 bits per heavy atom. The average molecular weight is 338 g/mol. The zero-order valence-corrected chi connectivity index (χ0v) is 15.3. The summed E-state index contributed by atoms with van der Waals surface area (Å²) in [5.41, 5.74) is 0.112. The van der Waals surface area contributed by atoms with Crippen LogP contribution >= 0.6 is 0 Å².